The molecule has 0 bridgehead atoms. The van der Waals surface area contributed by atoms with Gasteiger partial charge in [-0.25, -0.2) is 14.6 Å². The highest BCUT2D eigenvalue weighted by Gasteiger charge is 2.28. The van der Waals surface area contributed by atoms with Gasteiger partial charge in [0.2, 0.25) is 0 Å². The maximum absolute atomic E-state index is 12.9. The first-order valence-electron chi connectivity index (χ1n) is 8.78. The molecule has 1 aliphatic heterocycles. The van der Waals surface area contributed by atoms with E-state index >= 15 is 0 Å². The minimum absolute atomic E-state index is 0.0905. The molecule has 0 radical (unpaired) electrons. The van der Waals surface area contributed by atoms with Crippen molar-refractivity contribution in [2.75, 3.05) is 13.1 Å². The van der Waals surface area contributed by atoms with Crippen molar-refractivity contribution in [3.05, 3.63) is 63.1 Å². The lowest BCUT2D eigenvalue weighted by molar-refractivity contribution is 0.0704. The number of aromatic nitrogens is 5. The van der Waals surface area contributed by atoms with Crippen LogP contribution in [0.5, 0.6) is 0 Å². The van der Waals surface area contributed by atoms with Gasteiger partial charge in [0.05, 0.1) is 10.7 Å². The summed E-state index contributed by atoms with van der Waals surface area (Å²) in [5, 5.41) is 11.4. The number of para-hydroxylation sites is 1. The Hall–Kier alpha value is -2.87. The summed E-state index contributed by atoms with van der Waals surface area (Å²) < 4.78 is 1.64. The number of carbonyl (C=O) groups excluding carboxylic acids is 1. The Labute approximate surface area is 160 Å². The monoisotopic (exact) mass is 386 g/mol. The molecule has 4 rings (SSSR count). The summed E-state index contributed by atoms with van der Waals surface area (Å²) in [6.07, 6.45) is 3.31. The average Bonchev–Trinajstić information content (AvgIpc) is 3.27. The van der Waals surface area contributed by atoms with Crippen LogP contribution in [0.2, 0.25) is 5.02 Å². The van der Waals surface area contributed by atoms with Crippen LogP contribution in [-0.2, 0) is 0 Å². The van der Waals surface area contributed by atoms with Gasteiger partial charge >= 0.3 is 5.69 Å². The van der Waals surface area contributed by atoms with Crippen LogP contribution < -0.4 is 5.69 Å². The fraction of sp³-hybridized carbons (Fsp3) is 0.333. The zero-order chi connectivity index (χ0) is 19.0. The molecule has 0 atom stereocenters. The van der Waals surface area contributed by atoms with Crippen LogP contribution in [0.25, 0.3) is 5.69 Å². The quantitative estimate of drug-likeness (QED) is 0.721. The van der Waals surface area contributed by atoms with E-state index in [1.54, 1.807) is 15.6 Å². The second-order valence-electron chi connectivity index (χ2n) is 6.69. The average molecular weight is 387 g/mol. The van der Waals surface area contributed by atoms with Crippen LogP contribution in [0.4, 0.5) is 0 Å². The molecule has 1 aliphatic rings. The third kappa shape index (κ3) is 3.40. The van der Waals surface area contributed by atoms with Crippen LogP contribution in [0.1, 0.15) is 40.6 Å². The molecular weight excluding hydrogens is 368 g/mol. The van der Waals surface area contributed by atoms with E-state index in [0.717, 1.165) is 24.1 Å². The molecule has 3 heterocycles. The molecule has 1 aromatic carbocycles. The van der Waals surface area contributed by atoms with Gasteiger partial charge in [-0.1, -0.05) is 23.7 Å². The first-order chi connectivity index (χ1) is 13.0. The van der Waals surface area contributed by atoms with Crippen LogP contribution >= 0.6 is 11.6 Å². The van der Waals surface area contributed by atoms with Gasteiger partial charge in [-0.2, -0.15) is 10.2 Å². The SMILES string of the molecule is Cc1cn(-c2ccccc2Cl)nc1C(=O)N1CCC(c2n[nH]c(=O)[nH]2)CC1. The Balaban J connectivity index is 1.49. The van der Waals surface area contributed by atoms with E-state index < -0.39 is 0 Å². The smallest absolute Gasteiger partial charge is 0.337 e. The van der Waals surface area contributed by atoms with E-state index in [1.165, 1.54) is 0 Å². The van der Waals surface area contributed by atoms with E-state index in [2.05, 4.69) is 20.3 Å². The van der Waals surface area contributed by atoms with Crippen molar-refractivity contribution >= 4 is 17.5 Å². The number of aromatic amines is 2. The fourth-order valence-corrected chi connectivity index (χ4v) is 3.64. The summed E-state index contributed by atoms with van der Waals surface area (Å²) in [7, 11) is 0. The summed E-state index contributed by atoms with van der Waals surface area (Å²) in [5.41, 5.74) is 1.67. The van der Waals surface area contributed by atoms with E-state index in [4.69, 9.17) is 11.6 Å². The Morgan fingerprint density at radius 1 is 1.26 bits per heavy atom. The predicted octanol–water partition coefficient (Wildman–Crippen LogP) is 2.27. The summed E-state index contributed by atoms with van der Waals surface area (Å²) in [6.45, 7) is 3.06. The van der Waals surface area contributed by atoms with Gasteiger partial charge in [0.25, 0.3) is 5.91 Å². The molecule has 1 amide bonds. The lowest BCUT2D eigenvalue weighted by Gasteiger charge is -2.30. The number of halogens is 1. The van der Waals surface area contributed by atoms with Crippen molar-refractivity contribution in [1.29, 1.82) is 0 Å². The molecule has 2 N–H and O–H groups in total. The van der Waals surface area contributed by atoms with Gasteiger partial charge in [0.15, 0.2) is 5.69 Å². The van der Waals surface area contributed by atoms with E-state index in [0.29, 0.717) is 29.6 Å². The lowest BCUT2D eigenvalue weighted by atomic mass is 9.96. The summed E-state index contributed by atoms with van der Waals surface area (Å²) in [6, 6.07) is 7.38. The van der Waals surface area contributed by atoms with Crippen molar-refractivity contribution in [2.24, 2.45) is 0 Å². The zero-order valence-corrected chi connectivity index (χ0v) is 15.5. The van der Waals surface area contributed by atoms with Crippen molar-refractivity contribution in [3.63, 3.8) is 0 Å². The number of hydrogen-bond acceptors (Lipinski definition) is 4. The van der Waals surface area contributed by atoms with E-state index in [9.17, 15) is 9.59 Å². The number of carbonyl (C=O) groups is 1. The third-order valence-electron chi connectivity index (χ3n) is 4.89. The molecule has 0 saturated carbocycles. The molecule has 0 spiro atoms. The first kappa shape index (κ1) is 17.5. The molecule has 140 valence electrons. The van der Waals surface area contributed by atoms with Crippen molar-refractivity contribution in [3.8, 4) is 5.69 Å². The molecule has 0 unspecified atom stereocenters. The van der Waals surface area contributed by atoms with Crippen molar-refractivity contribution in [1.82, 2.24) is 29.9 Å². The van der Waals surface area contributed by atoms with Crippen molar-refractivity contribution < 1.29 is 4.79 Å². The maximum Gasteiger partial charge on any atom is 0.340 e. The molecule has 3 aromatic rings. The number of likely N-dealkylation sites (tertiary alicyclic amines) is 1. The van der Waals surface area contributed by atoms with Crippen molar-refractivity contribution in [2.45, 2.75) is 25.7 Å². The minimum atomic E-state index is -0.302. The molecule has 1 fully saturated rings. The standard InChI is InChI=1S/C18H19ClN6O2/c1-11-10-25(14-5-3-2-4-13(14)19)23-15(11)17(26)24-8-6-12(7-9-24)16-20-18(27)22-21-16/h2-5,10,12H,6-9H2,1H3,(H2,20,21,22,27). The zero-order valence-electron chi connectivity index (χ0n) is 14.8. The topological polar surface area (TPSA) is 99.7 Å². The van der Waals surface area contributed by atoms with Gasteiger partial charge in [-0.05, 0) is 31.9 Å². The number of rotatable bonds is 3. The number of amides is 1. The van der Waals surface area contributed by atoms with Gasteiger partial charge in [-0.15, -0.1) is 0 Å². The minimum Gasteiger partial charge on any atom is -0.337 e. The second-order valence-corrected chi connectivity index (χ2v) is 7.09. The molecule has 2 aromatic heterocycles. The number of H-pyrrole nitrogens is 2. The lowest BCUT2D eigenvalue weighted by Crippen LogP contribution is -2.38. The summed E-state index contributed by atoms with van der Waals surface area (Å²) in [5.74, 6) is 0.716. The van der Waals surface area contributed by atoms with Gasteiger partial charge in [0.1, 0.15) is 5.82 Å². The number of hydrogen-bond donors (Lipinski definition) is 2. The second kappa shape index (κ2) is 7.03. The molecule has 9 heteroatoms. The summed E-state index contributed by atoms with van der Waals surface area (Å²) >= 11 is 6.23. The molecule has 0 aliphatic carbocycles. The number of nitrogens with one attached hydrogen (secondary N) is 2. The van der Waals surface area contributed by atoms with Gasteiger partial charge in [-0.3, -0.25) is 9.78 Å². The van der Waals surface area contributed by atoms with Crippen LogP contribution in [0.3, 0.4) is 0 Å². The third-order valence-corrected chi connectivity index (χ3v) is 5.21. The highest BCUT2D eigenvalue weighted by atomic mass is 35.5. The van der Waals surface area contributed by atoms with Gasteiger partial charge < -0.3 is 4.90 Å². The Morgan fingerprint density at radius 2 is 2.00 bits per heavy atom. The highest BCUT2D eigenvalue weighted by Crippen LogP contribution is 2.26. The highest BCUT2D eigenvalue weighted by molar-refractivity contribution is 6.32. The van der Waals surface area contributed by atoms with Gasteiger partial charge in [0, 0.05) is 30.8 Å². The maximum atomic E-state index is 12.9. The molecular formula is C18H19ClN6O2. The summed E-state index contributed by atoms with van der Waals surface area (Å²) in [4.78, 5) is 28.7. The normalized spacial score (nSPS) is 15.3. The first-order valence-corrected chi connectivity index (χ1v) is 9.16. The Bertz CT molecular complexity index is 1030. The fourth-order valence-electron chi connectivity index (χ4n) is 3.41. The largest absolute Gasteiger partial charge is 0.340 e. The molecule has 8 nitrogen and oxygen atoms in total. The molecule has 27 heavy (non-hydrogen) atoms. The Kier molecular flexibility index (Phi) is 4.57. The van der Waals surface area contributed by atoms with Crippen LogP contribution in [-0.4, -0.2) is 48.9 Å². The molecule has 1 saturated heterocycles. The van der Waals surface area contributed by atoms with Crippen LogP contribution in [0.15, 0.2) is 35.3 Å². The van der Waals surface area contributed by atoms with E-state index in [-0.39, 0.29) is 17.5 Å². The number of piperidine rings is 1. The predicted molar refractivity (Wildman–Crippen MR) is 100 cm³/mol. The van der Waals surface area contributed by atoms with Crippen LogP contribution in [0, 0.1) is 6.92 Å². The number of benzene rings is 1. The number of aryl methyl sites for hydroxylation is 1. The Morgan fingerprint density at radius 3 is 2.67 bits per heavy atom. The van der Waals surface area contributed by atoms with E-state index in [1.807, 2.05) is 31.3 Å². The number of nitrogens with zero attached hydrogens (tertiary/aromatic N) is 4.